The summed E-state index contributed by atoms with van der Waals surface area (Å²) in [5, 5.41) is 5.28. The van der Waals surface area contributed by atoms with E-state index in [9.17, 15) is 14.0 Å². The molecule has 1 atom stereocenters. The normalized spacial score (nSPS) is 11.6. The molecule has 0 spiro atoms. The number of hydrogen-bond donors (Lipinski definition) is 2. The van der Waals surface area contributed by atoms with Gasteiger partial charge in [0, 0.05) is 6.92 Å². The number of benzene rings is 2. The first kappa shape index (κ1) is 16.7. The summed E-state index contributed by atoms with van der Waals surface area (Å²) >= 11 is 0. The van der Waals surface area contributed by atoms with Gasteiger partial charge in [-0.1, -0.05) is 42.0 Å². The molecule has 2 rings (SSSR count). The summed E-state index contributed by atoms with van der Waals surface area (Å²) in [6.07, 6.45) is 0.0248. The second kappa shape index (κ2) is 7.54. The molecule has 2 aromatic carbocycles. The molecule has 0 saturated heterocycles. The molecule has 2 N–H and O–H groups in total. The molecule has 23 heavy (non-hydrogen) atoms. The first-order valence-electron chi connectivity index (χ1n) is 7.34. The SMILES string of the molecule is CC(=O)NC(CC(=O)Nc1ccccc1F)c1ccc(C)cc1. The van der Waals surface area contributed by atoms with Crippen LogP contribution in [0.5, 0.6) is 0 Å². The molecule has 120 valence electrons. The number of hydrogen-bond acceptors (Lipinski definition) is 2. The van der Waals surface area contributed by atoms with Crippen LogP contribution in [0.1, 0.15) is 30.5 Å². The number of nitrogens with one attached hydrogen (secondary N) is 2. The van der Waals surface area contributed by atoms with E-state index in [2.05, 4.69) is 10.6 Å². The molecule has 2 aromatic rings. The summed E-state index contributed by atoms with van der Waals surface area (Å²) in [7, 11) is 0. The Morgan fingerprint density at radius 2 is 1.74 bits per heavy atom. The third-order valence-corrected chi connectivity index (χ3v) is 3.39. The van der Waals surface area contributed by atoms with Crippen LogP contribution in [0.3, 0.4) is 0 Å². The minimum atomic E-state index is -0.493. The number of halogens is 1. The van der Waals surface area contributed by atoms with E-state index in [-0.39, 0.29) is 23.9 Å². The van der Waals surface area contributed by atoms with Crippen molar-refractivity contribution in [3.8, 4) is 0 Å². The highest BCUT2D eigenvalue weighted by atomic mass is 19.1. The van der Waals surface area contributed by atoms with Crippen molar-refractivity contribution < 1.29 is 14.0 Å². The van der Waals surface area contributed by atoms with Crippen molar-refractivity contribution in [1.29, 1.82) is 0 Å². The van der Waals surface area contributed by atoms with Gasteiger partial charge in [-0.2, -0.15) is 0 Å². The van der Waals surface area contributed by atoms with E-state index in [0.717, 1.165) is 11.1 Å². The van der Waals surface area contributed by atoms with Crippen LogP contribution >= 0.6 is 0 Å². The van der Waals surface area contributed by atoms with Gasteiger partial charge in [-0.15, -0.1) is 0 Å². The fourth-order valence-corrected chi connectivity index (χ4v) is 2.25. The summed E-state index contributed by atoms with van der Waals surface area (Å²) in [6, 6.07) is 13.1. The minimum absolute atomic E-state index is 0.0248. The molecule has 5 heteroatoms. The van der Waals surface area contributed by atoms with Gasteiger partial charge in [0.1, 0.15) is 5.82 Å². The Hall–Kier alpha value is -2.69. The van der Waals surface area contributed by atoms with Crippen LogP contribution in [0.25, 0.3) is 0 Å². The second-order valence-corrected chi connectivity index (χ2v) is 5.40. The predicted molar refractivity (Wildman–Crippen MR) is 87.4 cm³/mol. The molecule has 0 bridgehead atoms. The van der Waals surface area contributed by atoms with Crippen LogP contribution in [0.2, 0.25) is 0 Å². The Morgan fingerprint density at radius 1 is 1.09 bits per heavy atom. The molecule has 0 aliphatic heterocycles. The van der Waals surface area contributed by atoms with E-state index in [1.165, 1.54) is 19.1 Å². The van der Waals surface area contributed by atoms with Crippen molar-refractivity contribution in [2.24, 2.45) is 0 Å². The highest BCUT2D eigenvalue weighted by Gasteiger charge is 2.17. The van der Waals surface area contributed by atoms with Gasteiger partial charge in [-0.05, 0) is 24.6 Å². The lowest BCUT2D eigenvalue weighted by Gasteiger charge is -2.18. The van der Waals surface area contributed by atoms with Crippen molar-refractivity contribution in [1.82, 2.24) is 5.32 Å². The molecule has 1 unspecified atom stereocenters. The number of carbonyl (C=O) groups excluding carboxylic acids is 2. The van der Waals surface area contributed by atoms with Gasteiger partial charge >= 0.3 is 0 Å². The lowest BCUT2D eigenvalue weighted by atomic mass is 10.0. The molecule has 0 fully saturated rings. The average Bonchev–Trinajstić information content (AvgIpc) is 2.49. The lowest BCUT2D eigenvalue weighted by Crippen LogP contribution is -2.29. The van der Waals surface area contributed by atoms with Gasteiger partial charge in [0.25, 0.3) is 0 Å². The number of rotatable bonds is 5. The van der Waals surface area contributed by atoms with Crippen molar-refractivity contribution in [2.75, 3.05) is 5.32 Å². The maximum absolute atomic E-state index is 13.6. The first-order valence-corrected chi connectivity index (χ1v) is 7.34. The number of aryl methyl sites for hydroxylation is 1. The van der Waals surface area contributed by atoms with E-state index in [1.807, 2.05) is 31.2 Å². The zero-order valence-corrected chi connectivity index (χ0v) is 13.1. The Labute approximate surface area is 134 Å². The number of amides is 2. The summed E-state index contributed by atoms with van der Waals surface area (Å²) < 4.78 is 13.6. The predicted octanol–water partition coefficient (Wildman–Crippen LogP) is 3.34. The van der Waals surface area contributed by atoms with Crippen LogP contribution in [-0.4, -0.2) is 11.8 Å². The fraction of sp³-hybridized carbons (Fsp3) is 0.222. The number of carbonyl (C=O) groups is 2. The molecule has 0 aromatic heterocycles. The lowest BCUT2D eigenvalue weighted by molar-refractivity contribution is -0.120. The Bertz CT molecular complexity index is 698. The highest BCUT2D eigenvalue weighted by Crippen LogP contribution is 2.19. The fourth-order valence-electron chi connectivity index (χ4n) is 2.25. The van der Waals surface area contributed by atoms with Crippen LogP contribution in [0.15, 0.2) is 48.5 Å². The molecule has 2 amide bonds. The third-order valence-electron chi connectivity index (χ3n) is 3.39. The topological polar surface area (TPSA) is 58.2 Å². The number of anilines is 1. The minimum Gasteiger partial charge on any atom is -0.349 e. The maximum Gasteiger partial charge on any atom is 0.226 e. The molecule has 0 saturated carbocycles. The Balaban J connectivity index is 2.11. The van der Waals surface area contributed by atoms with Crippen molar-refractivity contribution in [2.45, 2.75) is 26.3 Å². The second-order valence-electron chi connectivity index (χ2n) is 5.40. The van der Waals surface area contributed by atoms with Crippen LogP contribution in [0, 0.1) is 12.7 Å². The van der Waals surface area contributed by atoms with E-state index in [4.69, 9.17) is 0 Å². The van der Waals surface area contributed by atoms with Crippen molar-refractivity contribution >= 4 is 17.5 Å². The van der Waals surface area contributed by atoms with Crippen molar-refractivity contribution in [3.63, 3.8) is 0 Å². The van der Waals surface area contributed by atoms with Crippen LogP contribution < -0.4 is 10.6 Å². The third kappa shape index (κ3) is 4.92. The highest BCUT2D eigenvalue weighted by molar-refractivity contribution is 5.91. The van der Waals surface area contributed by atoms with E-state index < -0.39 is 11.9 Å². The zero-order valence-electron chi connectivity index (χ0n) is 13.1. The van der Waals surface area contributed by atoms with Gasteiger partial charge in [-0.25, -0.2) is 4.39 Å². The van der Waals surface area contributed by atoms with Crippen LogP contribution in [-0.2, 0) is 9.59 Å². The van der Waals surface area contributed by atoms with Gasteiger partial charge in [0.15, 0.2) is 0 Å². The zero-order chi connectivity index (χ0) is 16.8. The van der Waals surface area contributed by atoms with Gasteiger partial charge in [0.05, 0.1) is 18.2 Å². The Kier molecular flexibility index (Phi) is 5.46. The van der Waals surface area contributed by atoms with Crippen LogP contribution in [0.4, 0.5) is 10.1 Å². The molecular weight excluding hydrogens is 295 g/mol. The summed E-state index contributed by atoms with van der Waals surface area (Å²) in [5.41, 5.74) is 2.04. The molecule has 0 aliphatic carbocycles. The van der Waals surface area contributed by atoms with Gasteiger partial charge in [-0.3, -0.25) is 9.59 Å². The van der Waals surface area contributed by atoms with E-state index >= 15 is 0 Å². The molecule has 0 radical (unpaired) electrons. The van der Waals surface area contributed by atoms with Crippen molar-refractivity contribution in [3.05, 3.63) is 65.5 Å². The monoisotopic (exact) mass is 314 g/mol. The summed E-state index contributed by atoms with van der Waals surface area (Å²) in [6.45, 7) is 3.36. The Morgan fingerprint density at radius 3 is 2.35 bits per heavy atom. The largest absolute Gasteiger partial charge is 0.349 e. The standard InChI is InChI=1S/C18H19FN2O2/c1-12-7-9-14(10-8-12)17(20-13(2)22)11-18(23)21-16-6-4-3-5-15(16)19/h3-10,17H,11H2,1-2H3,(H,20,22)(H,21,23). The average molecular weight is 314 g/mol. The molecule has 0 heterocycles. The maximum atomic E-state index is 13.6. The molecule has 0 aliphatic rings. The number of para-hydroxylation sites is 1. The van der Waals surface area contributed by atoms with Gasteiger partial charge in [0.2, 0.25) is 11.8 Å². The summed E-state index contributed by atoms with van der Waals surface area (Å²) in [5.74, 6) is -1.09. The first-order chi connectivity index (χ1) is 11.0. The molecular formula is C18H19FN2O2. The van der Waals surface area contributed by atoms with Gasteiger partial charge < -0.3 is 10.6 Å². The summed E-state index contributed by atoms with van der Waals surface area (Å²) in [4.78, 5) is 23.6. The van der Waals surface area contributed by atoms with E-state index in [1.54, 1.807) is 12.1 Å². The van der Waals surface area contributed by atoms with E-state index in [0.29, 0.717) is 0 Å². The molecule has 4 nitrogen and oxygen atoms in total. The smallest absolute Gasteiger partial charge is 0.226 e. The quantitative estimate of drug-likeness (QED) is 0.889.